The second-order valence-corrected chi connectivity index (χ2v) is 5.45. The first-order valence-corrected chi connectivity index (χ1v) is 6.49. The number of fused-ring (bicyclic) bond motifs is 1. The molecule has 100 valence electrons. The number of ketones is 1. The highest BCUT2D eigenvalue weighted by atomic mass is 16.5. The number of carbonyl (C=O) groups is 2. The molecule has 2 aliphatic rings. The van der Waals surface area contributed by atoms with E-state index in [2.05, 4.69) is 0 Å². The topological polar surface area (TPSA) is 52.6 Å². The van der Waals surface area contributed by atoms with Gasteiger partial charge in [-0.15, -0.1) is 0 Å². The van der Waals surface area contributed by atoms with Gasteiger partial charge in [-0.1, -0.05) is 6.42 Å². The molecule has 0 N–H and O–H groups in total. The van der Waals surface area contributed by atoms with E-state index in [1.54, 1.807) is 0 Å². The third-order valence-corrected chi connectivity index (χ3v) is 3.93. The van der Waals surface area contributed by atoms with Crippen LogP contribution in [0.25, 0.3) is 0 Å². The molecule has 0 saturated heterocycles. The molecule has 0 heterocycles. The molecule has 1 fully saturated rings. The van der Waals surface area contributed by atoms with Crippen molar-refractivity contribution in [3.63, 3.8) is 0 Å². The zero-order valence-electron chi connectivity index (χ0n) is 11.2. The van der Waals surface area contributed by atoms with Crippen LogP contribution in [0.5, 0.6) is 0 Å². The minimum absolute atomic E-state index is 0.0105. The summed E-state index contributed by atoms with van der Waals surface area (Å²) in [5, 5.41) is 0. The van der Waals surface area contributed by atoms with Gasteiger partial charge in [0.25, 0.3) is 0 Å². The molecule has 0 bridgehead atoms. The lowest BCUT2D eigenvalue weighted by Crippen LogP contribution is -2.43. The van der Waals surface area contributed by atoms with Gasteiger partial charge in [-0.3, -0.25) is 9.59 Å². The smallest absolute Gasteiger partial charge is 0.313 e. The van der Waals surface area contributed by atoms with Crippen LogP contribution in [-0.4, -0.2) is 25.0 Å². The van der Waals surface area contributed by atoms with E-state index in [0.29, 0.717) is 12.2 Å². The minimum atomic E-state index is -0.679. The molecule has 0 radical (unpaired) electrons. The molecule has 2 rings (SSSR count). The molecule has 0 aliphatic heterocycles. The monoisotopic (exact) mass is 252 g/mol. The van der Waals surface area contributed by atoms with Gasteiger partial charge in [0, 0.05) is 18.4 Å². The SMILES string of the molecule is COC1=CC(=O)C2CCCC2(C(=O)OC(C)C)C1. The van der Waals surface area contributed by atoms with E-state index in [9.17, 15) is 9.59 Å². The number of hydrogen-bond acceptors (Lipinski definition) is 4. The summed E-state index contributed by atoms with van der Waals surface area (Å²) in [6, 6.07) is 0. The molecular formula is C14H20O4. The van der Waals surface area contributed by atoms with Crippen LogP contribution >= 0.6 is 0 Å². The van der Waals surface area contributed by atoms with Crippen molar-refractivity contribution in [1.29, 1.82) is 0 Å². The van der Waals surface area contributed by atoms with E-state index in [-0.39, 0.29) is 23.8 Å². The highest BCUT2D eigenvalue weighted by Crippen LogP contribution is 2.51. The van der Waals surface area contributed by atoms with E-state index < -0.39 is 5.41 Å². The Morgan fingerprint density at radius 1 is 1.50 bits per heavy atom. The molecule has 0 aromatic rings. The van der Waals surface area contributed by atoms with Gasteiger partial charge in [0.15, 0.2) is 5.78 Å². The van der Waals surface area contributed by atoms with Gasteiger partial charge in [-0.2, -0.15) is 0 Å². The summed E-state index contributed by atoms with van der Waals surface area (Å²) in [6.07, 6.45) is 4.27. The third kappa shape index (κ3) is 2.04. The van der Waals surface area contributed by atoms with E-state index in [0.717, 1.165) is 19.3 Å². The summed E-state index contributed by atoms with van der Waals surface area (Å²) in [6.45, 7) is 3.66. The van der Waals surface area contributed by atoms with Crippen molar-refractivity contribution in [3.05, 3.63) is 11.8 Å². The van der Waals surface area contributed by atoms with Gasteiger partial charge in [0.1, 0.15) is 5.76 Å². The Morgan fingerprint density at radius 2 is 2.22 bits per heavy atom. The van der Waals surface area contributed by atoms with Gasteiger partial charge >= 0.3 is 5.97 Å². The number of esters is 1. The van der Waals surface area contributed by atoms with Crippen molar-refractivity contribution in [3.8, 4) is 0 Å². The Hall–Kier alpha value is -1.32. The van der Waals surface area contributed by atoms with Crippen LogP contribution in [0.3, 0.4) is 0 Å². The highest BCUT2D eigenvalue weighted by molar-refractivity contribution is 5.98. The van der Waals surface area contributed by atoms with Crippen LogP contribution in [0.1, 0.15) is 39.5 Å². The molecule has 0 amide bonds. The van der Waals surface area contributed by atoms with Crippen molar-refractivity contribution >= 4 is 11.8 Å². The molecule has 0 aromatic heterocycles. The number of hydrogen-bond donors (Lipinski definition) is 0. The molecule has 4 heteroatoms. The van der Waals surface area contributed by atoms with Crippen LogP contribution < -0.4 is 0 Å². The highest BCUT2D eigenvalue weighted by Gasteiger charge is 2.55. The molecular weight excluding hydrogens is 232 g/mol. The number of allylic oxidation sites excluding steroid dienone is 2. The number of ether oxygens (including phenoxy) is 2. The number of rotatable bonds is 3. The van der Waals surface area contributed by atoms with Crippen LogP contribution in [0.15, 0.2) is 11.8 Å². The van der Waals surface area contributed by atoms with Crippen LogP contribution in [0.2, 0.25) is 0 Å². The molecule has 2 aliphatic carbocycles. The van der Waals surface area contributed by atoms with E-state index in [1.165, 1.54) is 13.2 Å². The first-order chi connectivity index (χ1) is 8.49. The van der Waals surface area contributed by atoms with Crippen molar-refractivity contribution in [2.45, 2.75) is 45.6 Å². The maximum absolute atomic E-state index is 12.4. The Balaban J connectivity index is 2.30. The molecule has 2 unspecified atom stereocenters. The number of carbonyl (C=O) groups excluding carboxylic acids is 2. The Bertz CT molecular complexity index is 397. The molecule has 2 atom stereocenters. The van der Waals surface area contributed by atoms with E-state index >= 15 is 0 Å². The molecule has 1 saturated carbocycles. The first-order valence-electron chi connectivity index (χ1n) is 6.49. The lowest BCUT2D eigenvalue weighted by molar-refractivity contribution is -0.165. The van der Waals surface area contributed by atoms with Gasteiger partial charge in [-0.05, 0) is 26.7 Å². The summed E-state index contributed by atoms with van der Waals surface area (Å²) in [4.78, 5) is 24.4. The van der Waals surface area contributed by atoms with Crippen molar-refractivity contribution in [2.24, 2.45) is 11.3 Å². The summed E-state index contributed by atoms with van der Waals surface area (Å²) in [7, 11) is 1.54. The zero-order valence-corrected chi connectivity index (χ0v) is 11.2. The van der Waals surface area contributed by atoms with Crippen LogP contribution in [0, 0.1) is 11.3 Å². The summed E-state index contributed by atoms with van der Waals surface area (Å²) >= 11 is 0. The number of methoxy groups -OCH3 is 1. The first kappa shape index (κ1) is 13.1. The van der Waals surface area contributed by atoms with Crippen molar-refractivity contribution < 1.29 is 19.1 Å². The fraction of sp³-hybridized carbons (Fsp3) is 0.714. The van der Waals surface area contributed by atoms with Gasteiger partial charge in [0.2, 0.25) is 0 Å². The van der Waals surface area contributed by atoms with Crippen LogP contribution in [-0.2, 0) is 19.1 Å². The largest absolute Gasteiger partial charge is 0.501 e. The summed E-state index contributed by atoms with van der Waals surface area (Å²) < 4.78 is 10.5. The average Bonchev–Trinajstić information content (AvgIpc) is 2.73. The quantitative estimate of drug-likeness (QED) is 0.723. The van der Waals surface area contributed by atoms with Gasteiger partial charge in [-0.25, -0.2) is 0 Å². The summed E-state index contributed by atoms with van der Waals surface area (Å²) in [5.41, 5.74) is -0.679. The maximum atomic E-state index is 12.4. The Kier molecular flexibility index (Phi) is 3.46. The predicted molar refractivity (Wildman–Crippen MR) is 65.7 cm³/mol. The molecule has 0 spiro atoms. The van der Waals surface area contributed by atoms with E-state index in [4.69, 9.17) is 9.47 Å². The molecule has 18 heavy (non-hydrogen) atoms. The maximum Gasteiger partial charge on any atom is 0.313 e. The van der Waals surface area contributed by atoms with E-state index in [1.807, 2.05) is 13.8 Å². The van der Waals surface area contributed by atoms with Crippen LogP contribution in [0.4, 0.5) is 0 Å². The second kappa shape index (κ2) is 4.75. The molecule has 0 aromatic carbocycles. The minimum Gasteiger partial charge on any atom is -0.501 e. The lowest BCUT2D eigenvalue weighted by atomic mass is 9.69. The zero-order chi connectivity index (χ0) is 13.3. The van der Waals surface area contributed by atoms with Gasteiger partial charge < -0.3 is 9.47 Å². The van der Waals surface area contributed by atoms with Gasteiger partial charge in [0.05, 0.1) is 18.6 Å². The fourth-order valence-corrected chi connectivity index (χ4v) is 3.10. The predicted octanol–water partition coefficient (Wildman–Crippen LogP) is 2.23. The van der Waals surface area contributed by atoms with Crippen molar-refractivity contribution in [1.82, 2.24) is 0 Å². The standard InChI is InChI=1S/C14H20O4/c1-9(2)18-13(16)14-6-4-5-11(14)12(15)7-10(8-14)17-3/h7,9,11H,4-6,8H2,1-3H3. The second-order valence-electron chi connectivity index (χ2n) is 5.45. The third-order valence-electron chi connectivity index (χ3n) is 3.93. The fourth-order valence-electron chi connectivity index (χ4n) is 3.10. The lowest BCUT2D eigenvalue weighted by Gasteiger charge is -2.35. The Labute approximate surface area is 107 Å². The average molecular weight is 252 g/mol. The van der Waals surface area contributed by atoms with Crippen molar-refractivity contribution in [2.75, 3.05) is 7.11 Å². The summed E-state index contributed by atoms with van der Waals surface area (Å²) in [5.74, 6) is 0.147. The molecule has 4 nitrogen and oxygen atoms in total. The Morgan fingerprint density at radius 3 is 2.83 bits per heavy atom. The normalized spacial score (nSPS) is 31.0.